The number of hydrogen-bond acceptors (Lipinski definition) is 2. The lowest BCUT2D eigenvalue weighted by Crippen LogP contribution is -2.28. The highest BCUT2D eigenvalue weighted by atomic mass is 16.5. The molecule has 78 valence electrons. The summed E-state index contributed by atoms with van der Waals surface area (Å²) in [6.45, 7) is 6.16. The minimum absolute atomic E-state index is 0.317. The predicted octanol–water partition coefficient (Wildman–Crippen LogP) is 2.16. The van der Waals surface area contributed by atoms with Crippen molar-refractivity contribution in [2.24, 2.45) is 0 Å². The second kappa shape index (κ2) is 4.11. The highest BCUT2D eigenvalue weighted by Crippen LogP contribution is 2.25. The van der Waals surface area contributed by atoms with Crippen molar-refractivity contribution in [1.29, 1.82) is 0 Å². The highest BCUT2D eigenvalue weighted by molar-refractivity contribution is 5.36. The second-order valence-electron chi connectivity index (χ2n) is 3.95. The van der Waals surface area contributed by atoms with Gasteiger partial charge in [0.25, 0.3) is 0 Å². The average Bonchev–Trinajstić information content (AvgIpc) is 2.09. The summed E-state index contributed by atoms with van der Waals surface area (Å²) in [6.07, 6.45) is 0. The molecule has 1 atom stereocenters. The summed E-state index contributed by atoms with van der Waals surface area (Å²) in [5.74, 6) is 0. The monoisotopic (exact) mass is 194 g/mol. The SMILES string of the molecule is COCC(C)(O)c1cccc(C)c1C. The molecule has 0 saturated heterocycles. The fraction of sp³-hybridized carbons (Fsp3) is 0.500. The third kappa shape index (κ3) is 2.14. The van der Waals surface area contributed by atoms with Crippen LogP contribution < -0.4 is 0 Å². The van der Waals surface area contributed by atoms with E-state index in [1.165, 1.54) is 5.56 Å². The second-order valence-corrected chi connectivity index (χ2v) is 3.95. The van der Waals surface area contributed by atoms with Crippen molar-refractivity contribution in [1.82, 2.24) is 0 Å². The van der Waals surface area contributed by atoms with Crippen molar-refractivity contribution in [2.45, 2.75) is 26.4 Å². The summed E-state index contributed by atoms with van der Waals surface area (Å²) < 4.78 is 5.01. The van der Waals surface area contributed by atoms with Gasteiger partial charge in [0.1, 0.15) is 5.60 Å². The van der Waals surface area contributed by atoms with E-state index >= 15 is 0 Å². The molecule has 0 aliphatic rings. The first-order valence-electron chi connectivity index (χ1n) is 4.77. The van der Waals surface area contributed by atoms with Gasteiger partial charge >= 0.3 is 0 Å². The zero-order valence-corrected chi connectivity index (χ0v) is 9.29. The Morgan fingerprint density at radius 2 is 2.00 bits per heavy atom. The number of rotatable bonds is 3. The van der Waals surface area contributed by atoms with E-state index in [-0.39, 0.29) is 0 Å². The van der Waals surface area contributed by atoms with Crippen LogP contribution in [0.2, 0.25) is 0 Å². The zero-order valence-electron chi connectivity index (χ0n) is 9.29. The van der Waals surface area contributed by atoms with Gasteiger partial charge in [-0.05, 0) is 37.5 Å². The zero-order chi connectivity index (χ0) is 10.8. The van der Waals surface area contributed by atoms with Crippen LogP contribution in [0.25, 0.3) is 0 Å². The molecule has 0 bridgehead atoms. The number of aryl methyl sites for hydroxylation is 1. The molecule has 1 rings (SSSR count). The predicted molar refractivity (Wildman–Crippen MR) is 57.4 cm³/mol. The van der Waals surface area contributed by atoms with Crippen LogP contribution in [-0.2, 0) is 10.3 Å². The summed E-state index contributed by atoms with van der Waals surface area (Å²) >= 11 is 0. The Hall–Kier alpha value is -0.860. The fourth-order valence-electron chi connectivity index (χ4n) is 1.69. The molecular weight excluding hydrogens is 176 g/mol. The first-order valence-corrected chi connectivity index (χ1v) is 4.77. The maximum Gasteiger partial charge on any atom is 0.110 e. The van der Waals surface area contributed by atoms with Crippen molar-refractivity contribution in [3.63, 3.8) is 0 Å². The third-order valence-corrected chi connectivity index (χ3v) is 2.61. The number of ether oxygens (including phenoxy) is 1. The summed E-state index contributed by atoms with van der Waals surface area (Å²) in [7, 11) is 1.60. The fourth-order valence-corrected chi connectivity index (χ4v) is 1.69. The van der Waals surface area contributed by atoms with Gasteiger partial charge in [0.2, 0.25) is 0 Å². The molecular formula is C12H18O2. The van der Waals surface area contributed by atoms with Crippen LogP contribution >= 0.6 is 0 Å². The van der Waals surface area contributed by atoms with E-state index in [1.807, 2.05) is 32.0 Å². The molecule has 1 unspecified atom stereocenters. The van der Waals surface area contributed by atoms with E-state index in [2.05, 4.69) is 0 Å². The molecule has 1 aromatic rings. The lowest BCUT2D eigenvalue weighted by atomic mass is 9.90. The van der Waals surface area contributed by atoms with Crippen LogP contribution in [-0.4, -0.2) is 18.8 Å². The van der Waals surface area contributed by atoms with Crippen LogP contribution in [0.5, 0.6) is 0 Å². The van der Waals surface area contributed by atoms with Crippen LogP contribution in [0.15, 0.2) is 18.2 Å². The Labute approximate surface area is 85.5 Å². The van der Waals surface area contributed by atoms with Crippen molar-refractivity contribution in [3.05, 3.63) is 34.9 Å². The molecule has 0 radical (unpaired) electrons. The Morgan fingerprint density at radius 3 is 2.57 bits per heavy atom. The molecule has 14 heavy (non-hydrogen) atoms. The van der Waals surface area contributed by atoms with Gasteiger partial charge in [0, 0.05) is 7.11 Å². The summed E-state index contributed by atoms with van der Waals surface area (Å²) in [6, 6.07) is 5.95. The van der Waals surface area contributed by atoms with E-state index < -0.39 is 5.60 Å². The van der Waals surface area contributed by atoms with Gasteiger partial charge < -0.3 is 9.84 Å². The lowest BCUT2D eigenvalue weighted by Gasteiger charge is -2.25. The van der Waals surface area contributed by atoms with Crippen molar-refractivity contribution >= 4 is 0 Å². The van der Waals surface area contributed by atoms with Gasteiger partial charge in [0.05, 0.1) is 6.61 Å². The number of hydrogen-bond donors (Lipinski definition) is 1. The maximum atomic E-state index is 10.2. The van der Waals surface area contributed by atoms with E-state index in [9.17, 15) is 5.11 Å². The summed E-state index contributed by atoms with van der Waals surface area (Å²) in [4.78, 5) is 0. The minimum Gasteiger partial charge on any atom is -0.383 e. The molecule has 0 fully saturated rings. The number of benzene rings is 1. The summed E-state index contributed by atoms with van der Waals surface area (Å²) in [5, 5.41) is 10.2. The van der Waals surface area contributed by atoms with Crippen molar-refractivity contribution < 1.29 is 9.84 Å². The molecule has 0 amide bonds. The van der Waals surface area contributed by atoms with Crippen molar-refractivity contribution in [2.75, 3.05) is 13.7 Å². The van der Waals surface area contributed by atoms with Crippen molar-refractivity contribution in [3.8, 4) is 0 Å². The first kappa shape index (κ1) is 11.2. The van der Waals surface area contributed by atoms with Gasteiger partial charge in [0.15, 0.2) is 0 Å². The lowest BCUT2D eigenvalue weighted by molar-refractivity contribution is -0.0212. The molecule has 0 aromatic heterocycles. The van der Waals surface area contributed by atoms with Gasteiger partial charge in [-0.1, -0.05) is 18.2 Å². The molecule has 1 aromatic carbocycles. The molecule has 2 nitrogen and oxygen atoms in total. The quantitative estimate of drug-likeness (QED) is 0.799. The molecule has 0 heterocycles. The van der Waals surface area contributed by atoms with E-state index in [1.54, 1.807) is 14.0 Å². The molecule has 0 spiro atoms. The Bertz CT molecular complexity index is 316. The van der Waals surface area contributed by atoms with E-state index in [0.29, 0.717) is 6.61 Å². The first-order chi connectivity index (χ1) is 6.49. The molecule has 0 aliphatic heterocycles. The highest BCUT2D eigenvalue weighted by Gasteiger charge is 2.24. The summed E-state index contributed by atoms with van der Waals surface area (Å²) in [5.41, 5.74) is 2.37. The smallest absolute Gasteiger partial charge is 0.110 e. The molecule has 2 heteroatoms. The normalized spacial score (nSPS) is 15.2. The third-order valence-electron chi connectivity index (χ3n) is 2.61. The standard InChI is InChI=1S/C12H18O2/c1-9-6-5-7-11(10(9)2)12(3,13)8-14-4/h5-7,13H,8H2,1-4H3. The maximum absolute atomic E-state index is 10.2. The molecule has 0 saturated carbocycles. The van der Waals surface area contributed by atoms with Gasteiger partial charge in [-0.3, -0.25) is 0 Å². The Balaban J connectivity index is 3.12. The number of methoxy groups -OCH3 is 1. The average molecular weight is 194 g/mol. The Kier molecular flexibility index (Phi) is 3.29. The van der Waals surface area contributed by atoms with Crippen LogP contribution in [0.1, 0.15) is 23.6 Å². The van der Waals surface area contributed by atoms with Gasteiger partial charge in [-0.15, -0.1) is 0 Å². The minimum atomic E-state index is -0.898. The Morgan fingerprint density at radius 1 is 1.36 bits per heavy atom. The van der Waals surface area contributed by atoms with E-state index in [0.717, 1.165) is 11.1 Å². The number of aliphatic hydroxyl groups is 1. The molecule has 0 aliphatic carbocycles. The van der Waals surface area contributed by atoms with E-state index in [4.69, 9.17) is 4.74 Å². The molecule has 1 N–H and O–H groups in total. The van der Waals surface area contributed by atoms with Crippen LogP contribution in [0.3, 0.4) is 0 Å². The largest absolute Gasteiger partial charge is 0.383 e. The van der Waals surface area contributed by atoms with Gasteiger partial charge in [-0.25, -0.2) is 0 Å². The van der Waals surface area contributed by atoms with Gasteiger partial charge in [-0.2, -0.15) is 0 Å². The van der Waals surface area contributed by atoms with Crippen LogP contribution in [0, 0.1) is 13.8 Å². The van der Waals surface area contributed by atoms with Crippen LogP contribution in [0.4, 0.5) is 0 Å². The topological polar surface area (TPSA) is 29.5 Å².